The molecule has 2 aliphatic carbocycles. The van der Waals surface area contributed by atoms with Crippen molar-refractivity contribution >= 4 is 23.9 Å². The molecule has 0 heterocycles. The maximum atomic E-state index is 12.4. The highest BCUT2D eigenvalue weighted by Crippen LogP contribution is 2.50. The van der Waals surface area contributed by atoms with Crippen molar-refractivity contribution in [3.63, 3.8) is 0 Å². The predicted octanol–water partition coefficient (Wildman–Crippen LogP) is 3.11. The Balaban J connectivity index is 1.88. The van der Waals surface area contributed by atoms with Gasteiger partial charge in [0, 0.05) is 6.42 Å². The Bertz CT molecular complexity index is 670. The van der Waals surface area contributed by atoms with Gasteiger partial charge in [-0.3, -0.25) is 9.59 Å². The minimum absolute atomic E-state index is 0.218. The quantitative estimate of drug-likeness (QED) is 0.442. The third-order valence-corrected chi connectivity index (χ3v) is 6.59. The summed E-state index contributed by atoms with van der Waals surface area (Å²) in [6, 6.07) is 0. The molecule has 0 aromatic rings. The Labute approximate surface area is 177 Å². The summed E-state index contributed by atoms with van der Waals surface area (Å²) in [7, 11) is 0. The highest BCUT2D eigenvalue weighted by atomic mass is 16.6. The normalized spacial score (nSPS) is 28.3. The molecule has 2 bridgehead atoms. The van der Waals surface area contributed by atoms with E-state index in [1.54, 1.807) is 13.8 Å². The molecule has 0 saturated heterocycles. The van der Waals surface area contributed by atoms with Crippen LogP contribution in [0.3, 0.4) is 0 Å². The molecule has 0 aromatic carbocycles. The first-order chi connectivity index (χ1) is 14.0. The van der Waals surface area contributed by atoms with E-state index in [4.69, 9.17) is 14.2 Å². The van der Waals surface area contributed by atoms with Crippen molar-refractivity contribution in [3.8, 4) is 0 Å². The summed E-state index contributed by atoms with van der Waals surface area (Å²) in [5.74, 6) is -2.83. The number of carbonyl (C=O) groups excluding carboxylic acids is 3. The van der Waals surface area contributed by atoms with Crippen molar-refractivity contribution in [2.75, 3.05) is 13.2 Å². The number of esters is 3. The SMILES string of the molecule is CCC1CC2CC(C(=O)O)CC(OC(=O)COC(=O)COC(=O)C(C)(C)CC)(C1)C2. The molecule has 2 rings (SSSR count). The monoisotopic (exact) mass is 426 g/mol. The Morgan fingerprint density at radius 3 is 2.23 bits per heavy atom. The lowest BCUT2D eigenvalue weighted by atomic mass is 9.61. The first-order valence-electron chi connectivity index (χ1n) is 10.8. The van der Waals surface area contributed by atoms with Gasteiger partial charge in [0.1, 0.15) is 5.60 Å². The van der Waals surface area contributed by atoms with Crippen LogP contribution in [0.1, 0.15) is 72.6 Å². The number of fused-ring (bicyclic) bond motifs is 2. The van der Waals surface area contributed by atoms with E-state index >= 15 is 0 Å². The number of carboxylic acid groups (broad SMARTS) is 1. The second kappa shape index (κ2) is 9.79. The van der Waals surface area contributed by atoms with Crippen molar-refractivity contribution in [1.82, 2.24) is 0 Å². The average Bonchev–Trinajstić information content (AvgIpc) is 2.69. The maximum absolute atomic E-state index is 12.4. The van der Waals surface area contributed by atoms with E-state index in [2.05, 4.69) is 6.92 Å². The third-order valence-electron chi connectivity index (χ3n) is 6.59. The summed E-state index contributed by atoms with van der Waals surface area (Å²) in [5, 5.41) is 9.47. The van der Waals surface area contributed by atoms with Crippen molar-refractivity contribution in [1.29, 1.82) is 0 Å². The van der Waals surface area contributed by atoms with Crippen LogP contribution in [0.25, 0.3) is 0 Å². The Hall–Kier alpha value is -2.12. The highest BCUT2D eigenvalue weighted by molar-refractivity contribution is 5.81. The van der Waals surface area contributed by atoms with Gasteiger partial charge in [0.15, 0.2) is 13.2 Å². The fourth-order valence-electron chi connectivity index (χ4n) is 4.59. The molecule has 0 aliphatic heterocycles. The smallest absolute Gasteiger partial charge is 0.344 e. The first-order valence-corrected chi connectivity index (χ1v) is 10.8. The minimum atomic E-state index is -0.863. The maximum Gasteiger partial charge on any atom is 0.344 e. The van der Waals surface area contributed by atoms with Gasteiger partial charge < -0.3 is 19.3 Å². The lowest BCUT2D eigenvalue weighted by molar-refractivity contribution is -0.187. The van der Waals surface area contributed by atoms with Crippen LogP contribution in [0.5, 0.6) is 0 Å². The molecule has 8 heteroatoms. The standard InChI is InChI=1S/C22H34O8/c1-5-14-7-15-8-16(19(25)26)11-22(9-14,10-15)30-18(24)13-28-17(23)12-29-20(27)21(3,4)6-2/h14-16H,5-13H2,1-4H3,(H,25,26). The van der Waals surface area contributed by atoms with Crippen LogP contribution in [0.2, 0.25) is 0 Å². The molecule has 8 nitrogen and oxygen atoms in total. The first kappa shape index (κ1) is 24.2. The van der Waals surface area contributed by atoms with E-state index in [1.165, 1.54) is 0 Å². The van der Waals surface area contributed by atoms with E-state index in [1.807, 2.05) is 6.92 Å². The zero-order valence-corrected chi connectivity index (χ0v) is 18.4. The van der Waals surface area contributed by atoms with Gasteiger partial charge in [-0.05, 0) is 57.8 Å². The number of carboxylic acids is 1. The molecule has 170 valence electrons. The van der Waals surface area contributed by atoms with Gasteiger partial charge in [0.2, 0.25) is 0 Å². The summed E-state index contributed by atoms with van der Waals surface area (Å²) < 4.78 is 15.6. The number of carbonyl (C=O) groups is 4. The average molecular weight is 427 g/mol. The van der Waals surface area contributed by atoms with Gasteiger partial charge >= 0.3 is 23.9 Å². The summed E-state index contributed by atoms with van der Waals surface area (Å²) in [6.07, 6.45) is 4.64. The van der Waals surface area contributed by atoms with Gasteiger partial charge in [0.25, 0.3) is 0 Å². The van der Waals surface area contributed by atoms with Crippen molar-refractivity contribution in [3.05, 3.63) is 0 Å². The van der Waals surface area contributed by atoms with Crippen LogP contribution >= 0.6 is 0 Å². The van der Waals surface area contributed by atoms with Crippen LogP contribution in [0.4, 0.5) is 0 Å². The number of aliphatic carboxylic acids is 1. The fourth-order valence-corrected chi connectivity index (χ4v) is 4.59. The number of hydrogen-bond acceptors (Lipinski definition) is 7. The summed E-state index contributed by atoms with van der Waals surface area (Å²) in [6.45, 7) is 6.20. The van der Waals surface area contributed by atoms with E-state index in [9.17, 15) is 24.3 Å². The molecule has 0 amide bonds. The minimum Gasteiger partial charge on any atom is -0.481 e. The molecular weight excluding hydrogens is 392 g/mol. The van der Waals surface area contributed by atoms with Crippen LogP contribution in [0, 0.1) is 23.2 Å². The number of hydrogen-bond donors (Lipinski definition) is 1. The molecule has 0 spiro atoms. The van der Waals surface area contributed by atoms with E-state index in [0.29, 0.717) is 38.0 Å². The van der Waals surface area contributed by atoms with Crippen LogP contribution in [-0.4, -0.2) is 47.8 Å². The molecule has 2 aliphatic rings. The van der Waals surface area contributed by atoms with Gasteiger partial charge in [-0.1, -0.05) is 20.3 Å². The van der Waals surface area contributed by atoms with Gasteiger partial charge in [0.05, 0.1) is 11.3 Å². The van der Waals surface area contributed by atoms with Gasteiger partial charge in [-0.2, -0.15) is 0 Å². The predicted molar refractivity (Wildman–Crippen MR) is 106 cm³/mol. The van der Waals surface area contributed by atoms with Crippen molar-refractivity contribution in [2.45, 2.75) is 78.2 Å². The van der Waals surface area contributed by atoms with E-state index in [-0.39, 0.29) is 5.92 Å². The number of ether oxygens (including phenoxy) is 3. The molecule has 30 heavy (non-hydrogen) atoms. The third kappa shape index (κ3) is 6.19. The zero-order chi connectivity index (χ0) is 22.5. The van der Waals surface area contributed by atoms with Crippen molar-refractivity contribution < 1.29 is 38.5 Å². The number of rotatable bonds is 9. The van der Waals surface area contributed by atoms with Gasteiger partial charge in [-0.25, -0.2) is 9.59 Å². The second-order valence-electron chi connectivity index (χ2n) is 9.39. The van der Waals surface area contributed by atoms with Crippen LogP contribution < -0.4 is 0 Å². The lowest BCUT2D eigenvalue weighted by Crippen LogP contribution is -2.50. The van der Waals surface area contributed by atoms with E-state index in [0.717, 1.165) is 12.8 Å². The Morgan fingerprint density at radius 1 is 0.967 bits per heavy atom. The lowest BCUT2D eigenvalue weighted by Gasteiger charge is -2.49. The van der Waals surface area contributed by atoms with Crippen molar-refractivity contribution in [2.24, 2.45) is 23.2 Å². The highest BCUT2D eigenvalue weighted by Gasteiger charge is 2.50. The van der Waals surface area contributed by atoms with Gasteiger partial charge in [-0.15, -0.1) is 0 Å². The van der Waals surface area contributed by atoms with Crippen LogP contribution in [-0.2, 0) is 33.4 Å². The summed E-state index contributed by atoms with van der Waals surface area (Å²) in [5.41, 5.74) is -1.51. The summed E-state index contributed by atoms with van der Waals surface area (Å²) >= 11 is 0. The molecule has 1 N–H and O–H groups in total. The molecule has 2 saturated carbocycles. The summed E-state index contributed by atoms with van der Waals surface area (Å²) in [4.78, 5) is 47.6. The van der Waals surface area contributed by atoms with E-state index < -0.39 is 54.0 Å². The topological polar surface area (TPSA) is 116 Å². The second-order valence-corrected chi connectivity index (χ2v) is 9.39. The molecular formula is C22H34O8. The molecule has 4 atom stereocenters. The molecule has 2 fully saturated rings. The largest absolute Gasteiger partial charge is 0.481 e. The molecule has 0 radical (unpaired) electrons. The Morgan fingerprint density at radius 2 is 1.63 bits per heavy atom. The van der Waals surface area contributed by atoms with Crippen LogP contribution in [0.15, 0.2) is 0 Å². The molecule has 4 unspecified atom stereocenters. The zero-order valence-electron chi connectivity index (χ0n) is 18.4. The Kier molecular flexibility index (Phi) is 7.88. The molecule has 0 aromatic heterocycles. The fraction of sp³-hybridized carbons (Fsp3) is 0.818.